The van der Waals surface area contributed by atoms with Gasteiger partial charge in [0, 0.05) is 6.26 Å². The lowest BCUT2D eigenvalue weighted by atomic mass is 11.2. The fourth-order valence-corrected chi connectivity index (χ4v) is 1.86. The van der Waals surface area contributed by atoms with Crippen molar-refractivity contribution in [3.8, 4) is 0 Å². The monoisotopic (exact) mass is 205 g/mol. The summed E-state index contributed by atoms with van der Waals surface area (Å²) in [7, 11) is -3.35. The van der Waals surface area contributed by atoms with Crippen molar-refractivity contribution in [1.82, 2.24) is 10.2 Å². The largest absolute Gasteiger partial charge is 0.243 e. The van der Waals surface area contributed by atoms with E-state index in [9.17, 15) is 13.2 Å². The molecule has 0 unspecified atom stereocenters. The topological polar surface area (TPSA) is 89.3 Å². The molecule has 6 nitrogen and oxygen atoms in total. The van der Waals surface area contributed by atoms with Crippen LogP contribution in [-0.2, 0) is 14.6 Å². The number of sulfone groups is 1. The van der Waals surface area contributed by atoms with Crippen molar-refractivity contribution in [2.45, 2.75) is 4.34 Å². The number of rotatable bonds is 2. The molecule has 1 aromatic heterocycles. The number of carbonyl (C=O) groups excluding carboxylic acids is 1. The zero-order valence-corrected chi connectivity index (χ0v) is 7.52. The van der Waals surface area contributed by atoms with Crippen molar-refractivity contribution < 1.29 is 13.2 Å². The van der Waals surface area contributed by atoms with Crippen LogP contribution in [0.3, 0.4) is 0 Å². The van der Waals surface area contributed by atoms with Crippen LogP contribution < -0.4 is 0 Å². The number of hydrogen-bond donors (Lipinski definition) is 0. The molecule has 0 spiro atoms. The van der Waals surface area contributed by atoms with Crippen LogP contribution in [0.15, 0.2) is 9.33 Å². The van der Waals surface area contributed by atoms with Crippen LogP contribution in [-0.4, -0.2) is 31.0 Å². The average Bonchev–Trinajstić information content (AvgIpc) is 2.35. The lowest BCUT2D eigenvalue weighted by molar-refractivity contribution is 0.565. The summed E-state index contributed by atoms with van der Waals surface area (Å²) < 4.78 is 21.5. The van der Waals surface area contributed by atoms with Crippen molar-refractivity contribution >= 4 is 32.4 Å². The first-order valence-electron chi connectivity index (χ1n) is 2.65. The van der Waals surface area contributed by atoms with E-state index in [1.807, 2.05) is 0 Å². The van der Waals surface area contributed by atoms with Gasteiger partial charge in [0.2, 0.25) is 25.4 Å². The Morgan fingerprint density at radius 2 is 2.17 bits per heavy atom. The second-order valence-electron chi connectivity index (χ2n) is 1.83. The first-order valence-corrected chi connectivity index (χ1v) is 5.36. The third-order valence-electron chi connectivity index (χ3n) is 0.854. The van der Waals surface area contributed by atoms with Gasteiger partial charge in [-0.05, 0) is 0 Å². The third-order valence-corrected chi connectivity index (χ3v) is 3.34. The van der Waals surface area contributed by atoms with E-state index in [2.05, 4.69) is 15.2 Å². The molecule has 64 valence electrons. The highest BCUT2D eigenvalue weighted by atomic mass is 32.2. The van der Waals surface area contributed by atoms with Crippen molar-refractivity contribution in [2.24, 2.45) is 4.99 Å². The van der Waals surface area contributed by atoms with Crippen LogP contribution in [0.4, 0.5) is 5.13 Å². The van der Waals surface area contributed by atoms with E-state index in [-0.39, 0.29) is 9.47 Å². The number of nitrogens with zero attached hydrogens (tertiary/aromatic N) is 3. The maximum atomic E-state index is 10.8. The van der Waals surface area contributed by atoms with E-state index in [0.29, 0.717) is 0 Å². The number of isocyanates is 1. The molecule has 1 aromatic rings. The fraction of sp³-hybridized carbons (Fsp3) is 0.250. The first-order chi connectivity index (χ1) is 5.54. The van der Waals surface area contributed by atoms with E-state index in [1.54, 1.807) is 0 Å². The van der Waals surface area contributed by atoms with Gasteiger partial charge in [0.05, 0.1) is 0 Å². The summed E-state index contributed by atoms with van der Waals surface area (Å²) in [6, 6.07) is 0. The molecule has 0 saturated carbocycles. The molecule has 0 aromatic carbocycles. The summed E-state index contributed by atoms with van der Waals surface area (Å²) in [6.45, 7) is 0. The standard InChI is InChI=1S/C4H3N3O3S2/c1-12(9,10)4-7-6-3(11-4)5-2-8/h1H3. The second kappa shape index (κ2) is 3.10. The summed E-state index contributed by atoms with van der Waals surface area (Å²) >= 11 is 0.725. The van der Waals surface area contributed by atoms with Gasteiger partial charge >= 0.3 is 0 Å². The van der Waals surface area contributed by atoms with Gasteiger partial charge in [0.15, 0.2) is 0 Å². The maximum absolute atomic E-state index is 10.8. The maximum Gasteiger partial charge on any atom is 0.243 e. The van der Waals surface area contributed by atoms with Crippen molar-refractivity contribution in [1.29, 1.82) is 0 Å². The zero-order valence-electron chi connectivity index (χ0n) is 5.88. The normalized spacial score (nSPS) is 10.8. The van der Waals surface area contributed by atoms with Gasteiger partial charge in [-0.2, -0.15) is 0 Å². The molecule has 0 aliphatic carbocycles. The average molecular weight is 205 g/mol. The Balaban J connectivity index is 3.16. The lowest BCUT2D eigenvalue weighted by Gasteiger charge is -1.83. The minimum atomic E-state index is -3.35. The molecule has 0 amide bonds. The zero-order chi connectivity index (χ0) is 9.19. The van der Waals surface area contributed by atoms with E-state index in [1.165, 1.54) is 6.08 Å². The van der Waals surface area contributed by atoms with E-state index in [0.717, 1.165) is 17.6 Å². The third kappa shape index (κ3) is 1.94. The predicted octanol–water partition coefficient (Wildman–Crippen LogP) is -0.0911. The Hall–Kier alpha value is -1.11. The Kier molecular flexibility index (Phi) is 2.32. The molecule has 0 bridgehead atoms. The van der Waals surface area contributed by atoms with Crippen LogP contribution in [0.5, 0.6) is 0 Å². The van der Waals surface area contributed by atoms with Crippen molar-refractivity contribution in [2.75, 3.05) is 6.26 Å². The minimum absolute atomic E-state index is 0.00887. The highest BCUT2D eigenvalue weighted by Gasteiger charge is 2.13. The molecular formula is C4H3N3O3S2. The summed E-state index contributed by atoms with van der Waals surface area (Å²) in [5, 5.41) is 6.64. The summed E-state index contributed by atoms with van der Waals surface area (Å²) in [5.41, 5.74) is 0. The Labute approximate surface area is 71.9 Å². The van der Waals surface area contributed by atoms with Gasteiger partial charge in [0.1, 0.15) is 0 Å². The summed E-state index contributed by atoms with van der Waals surface area (Å²) in [4.78, 5) is 12.8. The first kappa shape index (κ1) is 8.98. The SMILES string of the molecule is CS(=O)(=O)c1nnc(N=C=O)s1. The Bertz CT molecular complexity index is 428. The van der Waals surface area contributed by atoms with Gasteiger partial charge in [-0.15, -0.1) is 15.2 Å². The predicted molar refractivity (Wildman–Crippen MR) is 40.8 cm³/mol. The number of aliphatic imine (C=N–C) groups is 1. The van der Waals surface area contributed by atoms with Gasteiger partial charge in [-0.25, -0.2) is 13.2 Å². The van der Waals surface area contributed by atoms with Crippen molar-refractivity contribution in [3.05, 3.63) is 0 Å². The molecule has 0 aliphatic heterocycles. The highest BCUT2D eigenvalue weighted by molar-refractivity contribution is 7.92. The van der Waals surface area contributed by atoms with Crippen LogP contribution in [0.2, 0.25) is 0 Å². The molecule has 0 saturated heterocycles. The Morgan fingerprint density at radius 1 is 1.50 bits per heavy atom. The van der Waals surface area contributed by atoms with Gasteiger partial charge in [0.25, 0.3) is 0 Å². The van der Waals surface area contributed by atoms with E-state index < -0.39 is 9.84 Å². The fourth-order valence-electron chi connectivity index (χ4n) is 0.437. The highest BCUT2D eigenvalue weighted by Crippen LogP contribution is 2.21. The van der Waals surface area contributed by atoms with Crippen molar-refractivity contribution in [3.63, 3.8) is 0 Å². The quantitative estimate of drug-likeness (QED) is 0.497. The molecule has 0 atom stereocenters. The smallest absolute Gasteiger partial charge is 0.221 e. The summed E-state index contributed by atoms with van der Waals surface area (Å²) in [6.07, 6.45) is 2.24. The van der Waals surface area contributed by atoms with Crippen LogP contribution in [0.25, 0.3) is 0 Å². The minimum Gasteiger partial charge on any atom is -0.221 e. The van der Waals surface area contributed by atoms with E-state index in [4.69, 9.17) is 0 Å². The molecule has 1 heterocycles. The molecule has 1 rings (SSSR count). The molecule has 0 fully saturated rings. The van der Waals surface area contributed by atoms with Gasteiger partial charge < -0.3 is 0 Å². The van der Waals surface area contributed by atoms with Crippen LogP contribution in [0.1, 0.15) is 0 Å². The Morgan fingerprint density at radius 3 is 2.58 bits per heavy atom. The molecule has 0 N–H and O–H groups in total. The number of aromatic nitrogens is 2. The molecule has 0 aliphatic rings. The number of hydrogen-bond acceptors (Lipinski definition) is 7. The molecule has 8 heteroatoms. The van der Waals surface area contributed by atoms with Gasteiger partial charge in [-0.1, -0.05) is 11.3 Å². The second-order valence-corrected chi connectivity index (χ2v) is 4.97. The summed E-state index contributed by atoms with van der Waals surface area (Å²) in [5.74, 6) is 0. The van der Waals surface area contributed by atoms with Crippen LogP contribution >= 0.6 is 11.3 Å². The van der Waals surface area contributed by atoms with Gasteiger partial charge in [-0.3, -0.25) is 0 Å². The van der Waals surface area contributed by atoms with E-state index >= 15 is 0 Å². The molecule has 12 heavy (non-hydrogen) atoms. The molecule has 0 radical (unpaired) electrons. The van der Waals surface area contributed by atoms with Crippen LogP contribution in [0, 0.1) is 0 Å². The molecular weight excluding hydrogens is 202 g/mol. The lowest BCUT2D eigenvalue weighted by Crippen LogP contribution is -1.95.